The van der Waals surface area contributed by atoms with Gasteiger partial charge in [-0.2, -0.15) is 0 Å². The van der Waals surface area contributed by atoms with Gasteiger partial charge in [0.05, 0.1) is 11.1 Å². The van der Waals surface area contributed by atoms with Gasteiger partial charge in [-0.15, -0.1) is 0 Å². The number of nitrogens with zero attached hydrogens (tertiary/aromatic N) is 3. The normalized spacial score (nSPS) is 18.9. The molecule has 1 atom stereocenters. The molecule has 1 saturated heterocycles. The zero-order chi connectivity index (χ0) is 20.0. The summed E-state index contributed by atoms with van der Waals surface area (Å²) < 4.78 is 0. The predicted octanol–water partition coefficient (Wildman–Crippen LogP) is 3.91. The lowest BCUT2D eigenvalue weighted by Crippen LogP contribution is -2.38. The number of rotatable bonds is 4. The molecule has 2 aromatic carbocycles. The molecule has 2 N–H and O–H groups in total. The topological polar surface area (TPSA) is 78.4 Å². The highest BCUT2D eigenvalue weighted by atomic mass is 16.3. The summed E-state index contributed by atoms with van der Waals surface area (Å²) in [6, 6.07) is 13.5. The standard InChI is InChI=1S/C23H24N4O2.2H2/c1-14-6-9-17-19(12-14)25-21(18-4-2-3-5-20(18)28)26-22(17)27-11-10-16(13-27)24-23(29)15-7-8-15;;/h2-6,9,12,15-16,28H,7-8,10-11,13H2,1H3,(H,24,29);2*1H/t16-;;/m1../s1. The van der Waals surface area contributed by atoms with E-state index in [0.717, 1.165) is 54.6 Å². The van der Waals surface area contributed by atoms with Crippen LogP contribution in [0.15, 0.2) is 42.5 Å². The van der Waals surface area contributed by atoms with Gasteiger partial charge < -0.3 is 15.3 Å². The highest BCUT2D eigenvalue weighted by molar-refractivity contribution is 5.92. The van der Waals surface area contributed by atoms with E-state index in [1.807, 2.05) is 25.1 Å². The first-order chi connectivity index (χ1) is 14.1. The maximum Gasteiger partial charge on any atom is 0.223 e. The fourth-order valence-electron chi connectivity index (χ4n) is 3.98. The van der Waals surface area contributed by atoms with Crippen LogP contribution in [0.4, 0.5) is 5.82 Å². The molecule has 2 heterocycles. The minimum Gasteiger partial charge on any atom is -0.507 e. The first kappa shape index (κ1) is 17.9. The number of carbonyl (C=O) groups excluding carboxylic acids is 1. The first-order valence-electron chi connectivity index (χ1n) is 10.2. The van der Waals surface area contributed by atoms with Crippen molar-refractivity contribution in [2.75, 3.05) is 18.0 Å². The summed E-state index contributed by atoms with van der Waals surface area (Å²) >= 11 is 0. The molecule has 0 radical (unpaired) electrons. The molecule has 1 aliphatic heterocycles. The van der Waals surface area contributed by atoms with Crippen molar-refractivity contribution in [2.45, 2.75) is 32.2 Å². The van der Waals surface area contributed by atoms with Crippen molar-refractivity contribution in [3.63, 3.8) is 0 Å². The Morgan fingerprint density at radius 3 is 2.79 bits per heavy atom. The molecule has 152 valence electrons. The molecule has 3 aromatic rings. The predicted molar refractivity (Wildman–Crippen MR) is 117 cm³/mol. The monoisotopic (exact) mass is 392 g/mol. The van der Waals surface area contributed by atoms with E-state index in [1.165, 1.54) is 0 Å². The summed E-state index contributed by atoms with van der Waals surface area (Å²) in [6.07, 6.45) is 2.94. The number of phenols is 1. The largest absolute Gasteiger partial charge is 0.507 e. The van der Waals surface area contributed by atoms with Gasteiger partial charge in [0.25, 0.3) is 0 Å². The van der Waals surface area contributed by atoms with Crippen LogP contribution in [0.1, 0.15) is 27.7 Å². The van der Waals surface area contributed by atoms with Gasteiger partial charge in [0.15, 0.2) is 5.82 Å². The third-order valence-electron chi connectivity index (χ3n) is 5.76. The minimum atomic E-state index is 0. The number of aromatic hydroxyl groups is 1. The van der Waals surface area contributed by atoms with E-state index >= 15 is 0 Å². The molecule has 6 heteroatoms. The van der Waals surface area contributed by atoms with Gasteiger partial charge in [0.1, 0.15) is 11.6 Å². The number of phenolic OH excluding ortho intramolecular Hbond substituents is 1. The number of amides is 1. The number of hydrogen-bond acceptors (Lipinski definition) is 5. The van der Waals surface area contributed by atoms with Crippen LogP contribution in [0.2, 0.25) is 0 Å². The number of carbonyl (C=O) groups is 1. The highest BCUT2D eigenvalue weighted by Gasteiger charge is 2.33. The second kappa shape index (κ2) is 7.03. The van der Waals surface area contributed by atoms with Crippen molar-refractivity contribution in [2.24, 2.45) is 5.92 Å². The van der Waals surface area contributed by atoms with Gasteiger partial charge >= 0.3 is 0 Å². The highest BCUT2D eigenvalue weighted by Crippen LogP contribution is 2.33. The van der Waals surface area contributed by atoms with Crippen LogP contribution in [0.5, 0.6) is 5.75 Å². The summed E-state index contributed by atoms with van der Waals surface area (Å²) in [4.78, 5) is 23.9. The van der Waals surface area contributed by atoms with Crippen molar-refractivity contribution in [3.8, 4) is 17.1 Å². The Morgan fingerprint density at radius 1 is 1.17 bits per heavy atom. The van der Waals surface area contributed by atoms with Gasteiger partial charge in [-0.3, -0.25) is 4.79 Å². The number of fused-ring (bicyclic) bond motifs is 1. The Labute approximate surface area is 172 Å². The van der Waals surface area contributed by atoms with Gasteiger partial charge in [-0.1, -0.05) is 18.2 Å². The van der Waals surface area contributed by atoms with Gasteiger partial charge in [0.2, 0.25) is 5.91 Å². The smallest absolute Gasteiger partial charge is 0.223 e. The second-order valence-corrected chi connectivity index (χ2v) is 8.12. The third-order valence-corrected chi connectivity index (χ3v) is 5.76. The molecule has 6 nitrogen and oxygen atoms in total. The van der Waals surface area contributed by atoms with E-state index in [2.05, 4.69) is 22.3 Å². The molecule has 1 saturated carbocycles. The zero-order valence-electron chi connectivity index (χ0n) is 16.4. The zero-order valence-corrected chi connectivity index (χ0v) is 16.4. The lowest BCUT2D eigenvalue weighted by Gasteiger charge is -2.21. The molecule has 5 rings (SSSR count). The fourth-order valence-corrected chi connectivity index (χ4v) is 3.98. The number of aryl methyl sites for hydroxylation is 1. The van der Waals surface area contributed by atoms with E-state index < -0.39 is 0 Å². The Morgan fingerprint density at radius 2 is 2.00 bits per heavy atom. The van der Waals surface area contributed by atoms with E-state index in [1.54, 1.807) is 12.1 Å². The summed E-state index contributed by atoms with van der Waals surface area (Å²) in [5, 5.41) is 14.5. The molecule has 0 spiro atoms. The third kappa shape index (κ3) is 3.50. The molecule has 0 unspecified atom stereocenters. The van der Waals surface area contributed by atoms with Gasteiger partial charge in [-0.25, -0.2) is 9.97 Å². The van der Waals surface area contributed by atoms with Crippen molar-refractivity contribution in [3.05, 3.63) is 48.0 Å². The van der Waals surface area contributed by atoms with Crippen molar-refractivity contribution >= 4 is 22.6 Å². The fraction of sp³-hybridized carbons (Fsp3) is 0.348. The molecule has 2 aliphatic rings. The van der Waals surface area contributed by atoms with Crippen LogP contribution >= 0.6 is 0 Å². The average Bonchev–Trinajstić information content (AvgIpc) is 3.47. The van der Waals surface area contributed by atoms with Crippen LogP contribution in [-0.2, 0) is 4.79 Å². The van der Waals surface area contributed by atoms with Crippen molar-refractivity contribution in [1.82, 2.24) is 15.3 Å². The molecule has 29 heavy (non-hydrogen) atoms. The summed E-state index contributed by atoms with van der Waals surface area (Å²) in [7, 11) is 0. The lowest BCUT2D eigenvalue weighted by atomic mass is 10.1. The van der Waals surface area contributed by atoms with Crippen molar-refractivity contribution in [1.29, 1.82) is 0 Å². The quantitative estimate of drug-likeness (QED) is 0.704. The van der Waals surface area contributed by atoms with Crippen LogP contribution in [-0.4, -0.2) is 40.1 Å². The van der Waals surface area contributed by atoms with Crippen LogP contribution in [0.25, 0.3) is 22.3 Å². The van der Waals surface area contributed by atoms with E-state index in [0.29, 0.717) is 11.4 Å². The van der Waals surface area contributed by atoms with Gasteiger partial charge in [0, 0.05) is 33.3 Å². The number of anilines is 1. The molecular formula is C23H28N4O2. The molecule has 1 aromatic heterocycles. The van der Waals surface area contributed by atoms with E-state index in [9.17, 15) is 9.90 Å². The second-order valence-electron chi connectivity index (χ2n) is 8.12. The SMILES string of the molecule is Cc1ccc2c(N3CC[C@@H](NC(=O)C4CC4)C3)nc(-c3ccccc3O)nc2c1.[HH].[HH]. The molecule has 1 aliphatic carbocycles. The number of para-hydroxylation sites is 1. The maximum absolute atomic E-state index is 12.1. The number of aromatic nitrogens is 2. The van der Waals surface area contributed by atoms with Gasteiger partial charge in [-0.05, 0) is 56.0 Å². The van der Waals surface area contributed by atoms with Crippen LogP contribution < -0.4 is 10.2 Å². The number of hydrogen-bond donors (Lipinski definition) is 2. The molecular weight excluding hydrogens is 364 g/mol. The summed E-state index contributed by atoms with van der Waals surface area (Å²) in [5.74, 6) is 1.95. The molecule has 0 bridgehead atoms. The summed E-state index contributed by atoms with van der Waals surface area (Å²) in [5.41, 5.74) is 2.61. The van der Waals surface area contributed by atoms with Crippen LogP contribution in [0.3, 0.4) is 0 Å². The Bertz CT molecular complexity index is 1100. The average molecular weight is 393 g/mol. The van der Waals surface area contributed by atoms with Crippen LogP contribution in [0, 0.1) is 12.8 Å². The van der Waals surface area contributed by atoms with Crippen molar-refractivity contribution < 1.29 is 12.8 Å². The Kier molecular flexibility index (Phi) is 4.34. The number of nitrogens with one attached hydrogen (secondary N) is 1. The molecule has 2 fully saturated rings. The first-order valence-corrected chi connectivity index (χ1v) is 10.2. The number of benzene rings is 2. The Hall–Kier alpha value is -3.15. The van der Waals surface area contributed by atoms with E-state index in [4.69, 9.17) is 9.97 Å². The van der Waals surface area contributed by atoms with E-state index in [-0.39, 0.29) is 26.5 Å². The minimum absolute atomic E-state index is 0. The maximum atomic E-state index is 12.1. The molecule has 1 amide bonds. The lowest BCUT2D eigenvalue weighted by molar-refractivity contribution is -0.122. The Balaban J connectivity index is 0.00000136. The summed E-state index contributed by atoms with van der Waals surface area (Å²) in [6.45, 7) is 3.61.